The van der Waals surface area contributed by atoms with E-state index in [9.17, 15) is 24.3 Å². The van der Waals surface area contributed by atoms with Crippen LogP contribution < -0.4 is 26.3 Å². The third-order valence-corrected chi connectivity index (χ3v) is 5.07. The van der Waals surface area contributed by atoms with E-state index in [2.05, 4.69) is 10.3 Å². The van der Waals surface area contributed by atoms with E-state index in [0.717, 1.165) is 0 Å². The number of carbonyl (C=O) groups excluding carboxylic acids is 2. The molecule has 2 aromatic rings. The predicted molar refractivity (Wildman–Crippen MR) is 123 cm³/mol. The highest BCUT2D eigenvalue weighted by Crippen LogP contribution is 2.37. The molecule has 0 saturated carbocycles. The Balaban J connectivity index is 1.98. The Morgan fingerprint density at radius 1 is 1.17 bits per heavy atom. The van der Waals surface area contributed by atoms with Gasteiger partial charge in [-0.25, -0.2) is 14.6 Å². The lowest BCUT2D eigenvalue weighted by molar-refractivity contribution is -0.145. The van der Waals surface area contributed by atoms with Gasteiger partial charge in [-0.2, -0.15) is 0 Å². The maximum Gasteiger partial charge on any atom is 0.343 e. The van der Waals surface area contributed by atoms with Crippen LogP contribution in [0.4, 0.5) is 5.69 Å². The molecule has 1 unspecified atom stereocenters. The number of carboxylic acids is 2. The number of aliphatic imine (C=N–C) groups is 1. The van der Waals surface area contributed by atoms with Crippen LogP contribution in [0.2, 0.25) is 5.02 Å². The Labute approximate surface area is 203 Å². The first kappa shape index (κ1) is 25.3. The Bertz CT molecular complexity index is 1230. The molecule has 0 fully saturated rings. The van der Waals surface area contributed by atoms with Crippen LogP contribution in [0.1, 0.15) is 39.1 Å². The molecular weight excluding hydrogens is 484 g/mol. The van der Waals surface area contributed by atoms with E-state index >= 15 is 0 Å². The van der Waals surface area contributed by atoms with Gasteiger partial charge in [0.2, 0.25) is 0 Å². The second-order valence-corrected chi connectivity index (χ2v) is 7.90. The number of nitrogens with two attached hydrogens (primary N) is 2. The van der Waals surface area contributed by atoms with Gasteiger partial charge in [0.1, 0.15) is 6.04 Å². The second-order valence-electron chi connectivity index (χ2n) is 7.46. The number of aliphatic carboxylic acids is 2. The fraction of sp³-hybridized carbons (Fsp3) is 0.227. The van der Waals surface area contributed by atoms with E-state index < -0.39 is 36.3 Å². The number of halogens is 1. The van der Waals surface area contributed by atoms with Crippen molar-refractivity contribution in [3.63, 3.8) is 0 Å². The number of fused-ring (bicyclic) bond motifs is 2. The lowest BCUT2D eigenvalue weighted by Crippen LogP contribution is -2.42. The van der Waals surface area contributed by atoms with Crippen LogP contribution in [0.3, 0.4) is 0 Å². The summed E-state index contributed by atoms with van der Waals surface area (Å²) >= 11 is 6.12. The zero-order valence-corrected chi connectivity index (χ0v) is 18.9. The zero-order valence-electron chi connectivity index (χ0n) is 18.1. The number of benzene rings is 2. The van der Waals surface area contributed by atoms with Crippen LogP contribution in [-0.4, -0.2) is 52.6 Å². The highest BCUT2D eigenvalue weighted by Gasteiger charge is 2.28. The number of rotatable bonds is 6. The SMILES string of the molecule is NC(N)=Nc1ccc2c(c1)CCCOc1c(cc(Cl)cc1C(=O)NC(CC(=O)O)C(=O)O)OC2=O. The Kier molecular flexibility index (Phi) is 7.76. The molecule has 0 aromatic heterocycles. The number of esters is 1. The molecule has 0 aliphatic carbocycles. The van der Waals surface area contributed by atoms with Crippen molar-refractivity contribution in [2.24, 2.45) is 16.5 Å². The van der Waals surface area contributed by atoms with E-state index in [1.807, 2.05) is 0 Å². The minimum absolute atomic E-state index is 0.00389. The number of nitrogens with one attached hydrogen (secondary N) is 1. The molecule has 7 N–H and O–H groups in total. The summed E-state index contributed by atoms with van der Waals surface area (Å²) in [5.74, 6) is -5.13. The molecule has 0 spiro atoms. The minimum atomic E-state index is -1.71. The van der Waals surface area contributed by atoms with Gasteiger partial charge in [-0.15, -0.1) is 0 Å². The summed E-state index contributed by atoms with van der Waals surface area (Å²) < 4.78 is 11.2. The minimum Gasteiger partial charge on any atom is -0.489 e. The first-order valence-corrected chi connectivity index (χ1v) is 10.6. The monoisotopic (exact) mass is 504 g/mol. The topological polar surface area (TPSA) is 204 Å². The number of hydrogen-bond donors (Lipinski definition) is 5. The Morgan fingerprint density at radius 2 is 1.91 bits per heavy atom. The smallest absolute Gasteiger partial charge is 0.343 e. The average molecular weight is 505 g/mol. The molecule has 0 bridgehead atoms. The van der Waals surface area contributed by atoms with Crippen molar-refractivity contribution in [3.8, 4) is 11.5 Å². The molecule has 12 nitrogen and oxygen atoms in total. The van der Waals surface area contributed by atoms with Gasteiger partial charge in [0.25, 0.3) is 5.91 Å². The van der Waals surface area contributed by atoms with Crippen molar-refractivity contribution in [2.45, 2.75) is 25.3 Å². The molecule has 2 aromatic carbocycles. The zero-order chi connectivity index (χ0) is 25.7. The number of hydrogen-bond acceptors (Lipinski definition) is 7. The summed E-state index contributed by atoms with van der Waals surface area (Å²) in [6.45, 7) is 0.0932. The van der Waals surface area contributed by atoms with Crippen molar-refractivity contribution < 1.29 is 38.9 Å². The van der Waals surface area contributed by atoms with Crippen LogP contribution in [0.5, 0.6) is 11.5 Å². The second kappa shape index (κ2) is 10.7. The molecule has 3 rings (SSSR count). The average Bonchev–Trinajstić information content (AvgIpc) is 2.76. The molecule has 1 atom stereocenters. The maximum absolute atomic E-state index is 13.0. The lowest BCUT2D eigenvalue weighted by Gasteiger charge is -2.20. The van der Waals surface area contributed by atoms with E-state index in [1.54, 1.807) is 6.07 Å². The van der Waals surface area contributed by atoms with Gasteiger partial charge in [0, 0.05) is 11.1 Å². The molecule has 1 aliphatic heterocycles. The van der Waals surface area contributed by atoms with E-state index in [4.69, 9.17) is 37.6 Å². The van der Waals surface area contributed by atoms with Gasteiger partial charge in [-0.05, 0) is 42.7 Å². The van der Waals surface area contributed by atoms with Crippen molar-refractivity contribution >= 4 is 47.1 Å². The third-order valence-electron chi connectivity index (χ3n) is 4.85. The Hall–Kier alpha value is -4.32. The molecule has 1 amide bonds. The van der Waals surface area contributed by atoms with E-state index in [-0.39, 0.29) is 40.2 Å². The van der Waals surface area contributed by atoms with Crippen LogP contribution in [0.15, 0.2) is 35.3 Å². The number of aryl methyl sites for hydroxylation is 1. The van der Waals surface area contributed by atoms with Crippen LogP contribution in [-0.2, 0) is 16.0 Å². The van der Waals surface area contributed by atoms with Gasteiger partial charge in [0.15, 0.2) is 17.5 Å². The molecule has 0 radical (unpaired) electrons. The first-order valence-electron chi connectivity index (χ1n) is 10.2. The molecule has 184 valence electrons. The third kappa shape index (κ3) is 6.38. The fourth-order valence-corrected chi connectivity index (χ4v) is 3.58. The lowest BCUT2D eigenvalue weighted by atomic mass is 10.0. The summed E-state index contributed by atoms with van der Waals surface area (Å²) in [5, 5.41) is 20.3. The molecule has 1 heterocycles. The number of carbonyl (C=O) groups is 4. The van der Waals surface area contributed by atoms with Gasteiger partial charge >= 0.3 is 17.9 Å². The van der Waals surface area contributed by atoms with Crippen LogP contribution >= 0.6 is 11.6 Å². The number of guanidine groups is 1. The van der Waals surface area contributed by atoms with Gasteiger partial charge in [-0.1, -0.05) is 11.6 Å². The fourth-order valence-electron chi connectivity index (χ4n) is 3.37. The van der Waals surface area contributed by atoms with Crippen LogP contribution in [0, 0.1) is 0 Å². The van der Waals surface area contributed by atoms with E-state index in [1.165, 1.54) is 24.3 Å². The highest BCUT2D eigenvalue weighted by molar-refractivity contribution is 6.31. The molecule has 0 saturated heterocycles. The highest BCUT2D eigenvalue weighted by atomic mass is 35.5. The van der Waals surface area contributed by atoms with Crippen molar-refractivity contribution in [3.05, 3.63) is 52.0 Å². The first-order chi connectivity index (χ1) is 16.5. The van der Waals surface area contributed by atoms with Crippen molar-refractivity contribution in [1.29, 1.82) is 0 Å². The summed E-state index contributed by atoms with van der Waals surface area (Å²) in [6.07, 6.45) is -0.0356. The standard InChI is InChI=1S/C22H21ClN4O8/c23-11-7-14(19(30)27-15(20(31)32)9-17(28)29)18-16(8-11)35-21(33)13-4-3-12(26-22(24)25)6-10(13)2-1-5-34-18/h3-4,6-8,15H,1-2,5,9H2,(H,27,30)(H,28,29)(H,31,32)(H4,24,25,26). The number of carboxylic acid groups (broad SMARTS) is 2. The molecule has 1 aliphatic rings. The quantitative estimate of drug-likeness (QED) is 0.166. The van der Waals surface area contributed by atoms with Gasteiger partial charge in [-0.3, -0.25) is 9.59 Å². The van der Waals surface area contributed by atoms with E-state index in [0.29, 0.717) is 24.1 Å². The predicted octanol–water partition coefficient (Wildman–Crippen LogP) is 1.45. The molecular formula is C22H21ClN4O8. The summed E-state index contributed by atoms with van der Waals surface area (Å²) in [6, 6.07) is 5.45. The summed E-state index contributed by atoms with van der Waals surface area (Å²) in [4.78, 5) is 52.1. The number of nitrogens with zero attached hydrogens (tertiary/aromatic N) is 1. The molecule has 35 heavy (non-hydrogen) atoms. The van der Waals surface area contributed by atoms with Crippen molar-refractivity contribution in [1.82, 2.24) is 5.32 Å². The van der Waals surface area contributed by atoms with Gasteiger partial charge < -0.3 is 36.5 Å². The molecule has 13 heteroatoms. The number of amides is 1. The Morgan fingerprint density at radius 3 is 2.57 bits per heavy atom. The largest absolute Gasteiger partial charge is 0.489 e. The number of ether oxygens (including phenoxy) is 2. The summed E-state index contributed by atoms with van der Waals surface area (Å²) in [5.41, 5.74) is 11.9. The van der Waals surface area contributed by atoms with Gasteiger partial charge in [0.05, 0.1) is 29.8 Å². The normalized spacial score (nSPS) is 13.7. The van der Waals surface area contributed by atoms with Crippen molar-refractivity contribution in [2.75, 3.05) is 6.61 Å². The summed E-state index contributed by atoms with van der Waals surface area (Å²) in [7, 11) is 0. The van der Waals surface area contributed by atoms with Crippen LogP contribution in [0.25, 0.3) is 0 Å². The maximum atomic E-state index is 13.0.